The lowest BCUT2D eigenvalue weighted by Crippen LogP contribution is -2.48. The molecule has 2 N–H and O–H groups in total. The molecule has 2 aromatic heterocycles. The Hall–Kier alpha value is -2.81. The zero-order valence-electron chi connectivity index (χ0n) is 16.5. The summed E-state index contributed by atoms with van der Waals surface area (Å²) in [6.07, 6.45) is 0.695. The average molecular weight is 398 g/mol. The lowest BCUT2D eigenvalue weighted by Gasteiger charge is -2.36. The van der Waals surface area contributed by atoms with Crippen LogP contribution in [-0.4, -0.2) is 61.5 Å². The van der Waals surface area contributed by atoms with Crippen LogP contribution in [0, 0.1) is 0 Å². The first kappa shape index (κ1) is 19.5. The van der Waals surface area contributed by atoms with Crippen molar-refractivity contribution in [2.45, 2.75) is 6.23 Å². The average Bonchev–Trinajstić information content (AvgIpc) is 3.46. The van der Waals surface area contributed by atoms with Crippen LogP contribution in [0.2, 0.25) is 0 Å². The highest BCUT2D eigenvalue weighted by Crippen LogP contribution is 2.23. The molecule has 0 amide bonds. The number of aliphatic hydroxyl groups excluding tert-OH is 1. The number of rotatable bonds is 8. The number of hydrogen-bond acceptors (Lipinski definition) is 8. The lowest BCUT2D eigenvalue weighted by molar-refractivity contribution is 0.123. The molecule has 0 radical (unpaired) electrons. The van der Waals surface area contributed by atoms with E-state index in [-0.39, 0.29) is 0 Å². The molecule has 1 atom stereocenters. The Labute approximate surface area is 169 Å². The second-order valence-corrected chi connectivity index (χ2v) is 6.98. The number of nitrogens with zero attached hydrogens (tertiary/aromatic N) is 3. The van der Waals surface area contributed by atoms with Crippen LogP contribution in [0.5, 0.6) is 5.75 Å². The molecule has 1 unspecified atom stereocenters. The molecule has 8 heteroatoms. The number of piperazine rings is 1. The van der Waals surface area contributed by atoms with Gasteiger partial charge in [-0.2, -0.15) is 0 Å². The molecular formula is C21H26N4O4. The molecule has 1 aliphatic heterocycles. The number of benzene rings is 1. The van der Waals surface area contributed by atoms with E-state index in [1.165, 1.54) is 5.69 Å². The van der Waals surface area contributed by atoms with Gasteiger partial charge in [-0.15, -0.1) is 0 Å². The van der Waals surface area contributed by atoms with Gasteiger partial charge >= 0.3 is 0 Å². The summed E-state index contributed by atoms with van der Waals surface area (Å²) < 4.78 is 15.8. The van der Waals surface area contributed by atoms with Crippen molar-refractivity contribution in [2.24, 2.45) is 0 Å². The number of aromatic nitrogens is 1. The minimum absolute atomic E-state index is 0.444. The van der Waals surface area contributed by atoms with Crippen molar-refractivity contribution in [1.29, 1.82) is 0 Å². The van der Waals surface area contributed by atoms with E-state index in [0.717, 1.165) is 38.5 Å². The number of ether oxygens (including phenoxy) is 1. The van der Waals surface area contributed by atoms with E-state index in [4.69, 9.17) is 13.7 Å². The van der Waals surface area contributed by atoms with Gasteiger partial charge in [-0.05, 0) is 24.3 Å². The molecule has 3 heterocycles. The molecule has 0 saturated carbocycles. The largest absolute Gasteiger partial charge is 0.497 e. The van der Waals surface area contributed by atoms with Crippen LogP contribution in [-0.2, 0) is 0 Å². The fourth-order valence-corrected chi connectivity index (χ4v) is 3.45. The van der Waals surface area contributed by atoms with Gasteiger partial charge in [-0.3, -0.25) is 10.2 Å². The number of methoxy groups -OCH3 is 1. The van der Waals surface area contributed by atoms with Gasteiger partial charge in [0.2, 0.25) is 5.76 Å². The number of anilines is 1. The fourth-order valence-electron chi connectivity index (χ4n) is 3.45. The Morgan fingerprint density at radius 1 is 1.14 bits per heavy atom. The highest BCUT2D eigenvalue weighted by atomic mass is 16.5. The standard InChI is InChI=1S/C21H26N4O4/c1-27-17-5-2-4-16(14-17)25-11-9-24(10-12-25)8-7-22-21(26)18-15-20(29-23-18)19-6-3-13-28-19/h2-6,13-15,21-22,26H,7-12H2,1H3. The number of hydrogen-bond donors (Lipinski definition) is 2. The van der Waals surface area contributed by atoms with E-state index in [1.54, 1.807) is 31.6 Å². The smallest absolute Gasteiger partial charge is 0.202 e. The quantitative estimate of drug-likeness (QED) is 0.559. The molecule has 3 aromatic rings. The maximum absolute atomic E-state index is 10.3. The molecule has 154 valence electrons. The summed E-state index contributed by atoms with van der Waals surface area (Å²) in [5.41, 5.74) is 1.63. The maximum Gasteiger partial charge on any atom is 0.202 e. The third kappa shape index (κ3) is 4.79. The monoisotopic (exact) mass is 398 g/mol. The Morgan fingerprint density at radius 3 is 2.76 bits per heavy atom. The minimum Gasteiger partial charge on any atom is -0.497 e. The van der Waals surface area contributed by atoms with Crippen LogP contribution in [0.1, 0.15) is 11.9 Å². The van der Waals surface area contributed by atoms with Crippen molar-refractivity contribution >= 4 is 5.69 Å². The minimum atomic E-state index is -0.875. The van der Waals surface area contributed by atoms with Crippen molar-refractivity contribution < 1.29 is 18.8 Å². The van der Waals surface area contributed by atoms with E-state index >= 15 is 0 Å². The second-order valence-electron chi connectivity index (χ2n) is 6.98. The normalized spacial score (nSPS) is 16.1. The number of aliphatic hydroxyl groups is 1. The Bertz CT molecular complexity index is 888. The lowest BCUT2D eigenvalue weighted by atomic mass is 10.2. The van der Waals surface area contributed by atoms with Crippen molar-refractivity contribution in [2.75, 3.05) is 51.3 Å². The van der Waals surface area contributed by atoms with E-state index in [1.807, 2.05) is 12.1 Å². The molecule has 1 saturated heterocycles. The van der Waals surface area contributed by atoms with Crippen LogP contribution in [0.3, 0.4) is 0 Å². The van der Waals surface area contributed by atoms with Gasteiger partial charge in [0.05, 0.1) is 13.4 Å². The fraction of sp³-hybridized carbons (Fsp3) is 0.381. The molecule has 1 aliphatic rings. The summed E-state index contributed by atoms with van der Waals surface area (Å²) >= 11 is 0. The summed E-state index contributed by atoms with van der Waals surface area (Å²) in [5, 5.41) is 17.3. The van der Waals surface area contributed by atoms with Gasteiger partial charge in [0, 0.05) is 57.1 Å². The highest BCUT2D eigenvalue weighted by molar-refractivity contribution is 5.51. The third-order valence-corrected chi connectivity index (χ3v) is 5.13. The molecule has 0 bridgehead atoms. The van der Waals surface area contributed by atoms with Crippen LogP contribution in [0.15, 0.2) is 57.7 Å². The van der Waals surface area contributed by atoms with Gasteiger partial charge in [-0.1, -0.05) is 11.2 Å². The first-order valence-corrected chi connectivity index (χ1v) is 9.76. The zero-order chi connectivity index (χ0) is 20.1. The number of nitrogens with one attached hydrogen (secondary N) is 1. The molecule has 29 heavy (non-hydrogen) atoms. The maximum atomic E-state index is 10.3. The highest BCUT2D eigenvalue weighted by Gasteiger charge is 2.19. The van der Waals surface area contributed by atoms with E-state index < -0.39 is 6.23 Å². The topological polar surface area (TPSA) is 87.1 Å². The summed E-state index contributed by atoms with van der Waals surface area (Å²) in [7, 11) is 1.69. The van der Waals surface area contributed by atoms with Gasteiger partial charge in [0.25, 0.3) is 0 Å². The summed E-state index contributed by atoms with van der Waals surface area (Å²) in [5.74, 6) is 1.97. The van der Waals surface area contributed by atoms with Gasteiger partial charge < -0.3 is 23.7 Å². The molecular weight excluding hydrogens is 372 g/mol. The van der Waals surface area contributed by atoms with E-state index in [0.29, 0.717) is 23.8 Å². The van der Waals surface area contributed by atoms with Crippen molar-refractivity contribution in [3.8, 4) is 17.3 Å². The van der Waals surface area contributed by atoms with Gasteiger partial charge in [0.15, 0.2) is 12.0 Å². The zero-order valence-corrected chi connectivity index (χ0v) is 16.5. The van der Waals surface area contributed by atoms with Crippen LogP contribution in [0.25, 0.3) is 11.5 Å². The summed E-state index contributed by atoms with van der Waals surface area (Å²) in [4.78, 5) is 4.75. The summed E-state index contributed by atoms with van der Waals surface area (Å²) in [6.45, 7) is 5.38. The molecule has 0 spiro atoms. The number of furan rings is 1. The SMILES string of the molecule is COc1cccc(N2CCN(CCNC(O)c3cc(-c4ccco4)on3)CC2)c1. The second kappa shape index (κ2) is 9.13. The molecule has 8 nitrogen and oxygen atoms in total. The predicted octanol–water partition coefficient (Wildman–Crippen LogP) is 2.35. The Kier molecular flexibility index (Phi) is 6.14. The molecule has 1 aromatic carbocycles. The van der Waals surface area contributed by atoms with E-state index in [2.05, 4.69) is 32.4 Å². The van der Waals surface area contributed by atoms with E-state index in [9.17, 15) is 5.11 Å². The summed E-state index contributed by atoms with van der Waals surface area (Å²) in [6, 6.07) is 13.4. The van der Waals surface area contributed by atoms with Crippen LogP contribution >= 0.6 is 0 Å². The van der Waals surface area contributed by atoms with Gasteiger partial charge in [0.1, 0.15) is 11.4 Å². The van der Waals surface area contributed by atoms with Crippen molar-refractivity contribution in [3.05, 3.63) is 54.4 Å². The van der Waals surface area contributed by atoms with Crippen LogP contribution in [0.4, 0.5) is 5.69 Å². The molecule has 1 fully saturated rings. The predicted molar refractivity (Wildman–Crippen MR) is 109 cm³/mol. The first-order chi connectivity index (χ1) is 14.2. The third-order valence-electron chi connectivity index (χ3n) is 5.13. The van der Waals surface area contributed by atoms with Crippen molar-refractivity contribution in [3.63, 3.8) is 0 Å². The Morgan fingerprint density at radius 2 is 2.00 bits per heavy atom. The molecule has 4 rings (SSSR count). The molecule has 0 aliphatic carbocycles. The first-order valence-electron chi connectivity index (χ1n) is 9.76. The van der Waals surface area contributed by atoms with Crippen LogP contribution < -0.4 is 15.0 Å². The van der Waals surface area contributed by atoms with Gasteiger partial charge in [-0.25, -0.2) is 0 Å². The Balaban J connectivity index is 1.20. The van der Waals surface area contributed by atoms with Crippen molar-refractivity contribution in [1.82, 2.24) is 15.4 Å².